The average molecular weight is 535 g/mol. The molecule has 4 nitrogen and oxygen atoms in total. The summed E-state index contributed by atoms with van der Waals surface area (Å²) in [7, 11) is 0. The second-order valence-corrected chi connectivity index (χ2v) is 10.7. The van der Waals surface area contributed by atoms with Gasteiger partial charge in [-0.1, -0.05) is 97.1 Å². The minimum absolute atomic E-state index is 0.920. The summed E-state index contributed by atoms with van der Waals surface area (Å²) in [6.45, 7) is 0. The topological polar surface area (TPSA) is 51.6 Å². The number of hydrogen-bond acceptors (Lipinski definition) is 4. The number of para-hydroxylation sites is 1. The molecule has 0 N–H and O–H groups in total. The third kappa shape index (κ3) is 3.36. The summed E-state index contributed by atoms with van der Waals surface area (Å²) in [5, 5.41) is 7.81. The first-order valence-electron chi connectivity index (χ1n) is 14.1. The van der Waals surface area contributed by atoms with Crippen LogP contribution in [0.25, 0.3) is 87.7 Å². The first-order valence-corrected chi connectivity index (χ1v) is 14.1. The van der Waals surface area contributed by atoms with Crippen molar-refractivity contribution in [2.75, 3.05) is 0 Å². The average Bonchev–Trinajstić information content (AvgIpc) is 3.06. The molecule has 42 heavy (non-hydrogen) atoms. The molecule has 0 radical (unpaired) electrons. The quantitative estimate of drug-likeness (QED) is 0.164. The Morgan fingerprint density at radius 2 is 0.952 bits per heavy atom. The highest BCUT2D eigenvalue weighted by atomic mass is 14.8. The number of benzene rings is 5. The first kappa shape index (κ1) is 23.0. The molecule has 0 fully saturated rings. The van der Waals surface area contributed by atoms with E-state index in [0.29, 0.717) is 0 Å². The van der Waals surface area contributed by atoms with Crippen LogP contribution in [-0.4, -0.2) is 19.9 Å². The van der Waals surface area contributed by atoms with Gasteiger partial charge in [-0.05, 0) is 40.6 Å². The summed E-state index contributed by atoms with van der Waals surface area (Å²) < 4.78 is 0. The number of rotatable bonds is 2. The van der Waals surface area contributed by atoms with Gasteiger partial charge in [-0.2, -0.15) is 0 Å². The maximum Gasteiger partial charge on any atom is 0.0978 e. The highest BCUT2D eigenvalue weighted by Crippen LogP contribution is 2.42. The lowest BCUT2D eigenvalue weighted by atomic mass is 9.89. The third-order valence-corrected chi connectivity index (χ3v) is 8.32. The van der Waals surface area contributed by atoms with Crippen molar-refractivity contribution >= 4 is 65.3 Å². The summed E-state index contributed by atoms with van der Waals surface area (Å²) in [6.07, 6.45) is 3.68. The van der Waals surface area contributed by atoms with Gasteiger partial charge < -0.3 is 0 Å². The minimum Gasteiger partial charge on any atom is -0.254 e. The van der Waals surface area contributed by atoms with E-state index in [1.807, 2.05) is 24.5 Å². The Bertz CT molecular complexity index is 2530. The number of nitrogens with zero attached hydrogens (tertiary/aromatic N) is 4. The van der Waals surface area contributed by atoms with Crippen molar-refractivity contribution in [3.05, 3.63) is 134 Å². The molecule has 0 spiro atoms. The Balaban J connectivity index is 1.35. The van der Waals surface area contributed by atoms with Gasteiger partial charge >= 0.3 is 0 Å². The SMILES string of the molecule is c1cnc2c(c1)ccc1ccc(-c3ccc(-c4c5ccccc5nc5c4ccc4cccnc45)c4ccccc34)nc12. The van der Waals surface area contributed by atoms with Crippen molar-refractivity contribution in [2.24, 2.45) is 0 Å². The summed E-state index contributed by atoms with van der Waals surface area (Å²) in [5.41, 5.74) is 9.02. The van der Waals surface area contributed by atoms with E-state index in [1.165, 1.54) is 16.5 Å². The maximum atomic E-state index is 5.18. The molecule has 0 aliphatic heterocycles. The molecule has 9 aromatic rings. The van der Waals surface area contributed by atoms with Crippen molar-refractivity contribution < 1.29 is 0 Å². The Labute approximate surface area is 241 Å². The zero-order valence-electron chi connectivity index (χ0n) is 22.5. The summed E-state index contributed by atoms with van der Waals surface area (Å²) in [4.78, 5) is 19.7. The Kier molecular flexibility index (Phi) is 4.87. The predicted molar refractivity (Wildman–Crippen MR) is 174 cm³/mol. The van der Waals surface area contributed by atoms with E-state index in [4.69, 9.17) is 15.0 Å². The van der Waals surface area contributed by atoms with E-state index in [0.717, 1.165) is 71.2 Å². The van der Waals surface area contributed by atoms with E-state index < -0.39 is 0 Å². The van der Waals surface area contributed by atoms with Crippen molar-refractivity contribution in [2.45, 2.75) is 0 Å². The van der Waals surface area contributed by atoms with Gasteiger partial charge in [0, 0.05) is 50.5 Å². The molecule has 0 saturated carbocycles. The van der Waals surface area contributed by atoms with Crippen molar-refractivity contribution in [1.82, 2.24) is 19.9 Å². The van der Waals surface area contributed by atoms with Crippen LogP contribution in [0.4, 0.5) is 0 Å². The summed E-state index contributed by atoms with van der Waals surface area (Å²) in [5.74, 6) is 0. The van der Waals surface area contributed by atoms with Gasteiger partial charge in [0.1, 0.15) is 0 Å². The lowest BCUT2D eigenvalue weighted by molar-refractivity contribution is 1.37. The van der Waals surface area contributed by atoms with E-state index >= 15 is 0 Å². The summed E-state index contributed by atoms with van der Waals surface area (Å²) in [6, 6.07) is 42.5. The second kappa shape index (κ2) is 8.88. The number of fused-ring (bicyclic) bond motifs is 8. The Morgan fingerprint density at radius 1 is 0.357 bits per heavy atom. The molecule has 0 atom stereocenters. The molecular weight excluding hydrogens is 512 g/mol. The molecule has 0 bridgehead atoms. The summed E-state index contributed by atoms with van der Waals surface area (Å²) >= 11 is 0. The van der Waals surface area contributed by atoms with Crippen LogP contribution in [0.1, 0.15) is 0 Å². The zero-order valence-corrected chi connectivity index (χ0v) is 22.5. The maximum absolute atomic E-state index is 5.18. The van der Waals surface area contributed by atoms with Crippen molar-refractivity contribution in [1.29, 1.82) is 0 Å². The Morgan fingerprint density at radius 3 is 1.74 bits per heavy atom. The largest absolute Gasteiger partial charge is 0.254 e. The van der Waals surface area contributed by atoms with Gasteiger partial charge in [0.05, 0.1) is 33.3 Å². The molecule has 4 aromatic heterocycles. The molecule has 4 heterocycles. The highest BCUT2D eigenvalue weighted by Gasteiger charge is 2.18. The molecule has 9 rings (SSSR count). The van der Waals surface area contributed by atoms with E-state index in [-0.39, 0.29) is 0 Å². The number of hydrogen-bond donors (Lipinski definition) is 0. The minimum atomic E-state index is 0.920. The van der Waals surface area contributed by atoms with Crippen LogP contribution in [0, 0.1) is 0 Å². The molecular formula is C38H22N4. The fraction of sp³-hybridized carbons (Fsp3) is 0. The lowest BCUT2D eigenvalue weighted by Crippen LogP contribution is -1.94. The second-order valence-electron chi connectivity index (χ2n) is 10.7. The Hall–Kier alpha value is -5.74. The van der Waals surface area contributed by atoms with Gasteiger partial charge in [0.25, 0.3) is 0 Å². The van der Waals surface area contributed by atoms with Crippen molar-refractivity contribution in [3.8, 4) is 22.4 Å². The molecule has 0 aliphatic carbocycles. The molecule has 4 heteroatoms. The van der Waals surface area contributed by atoms with Gasteiger partial charge in [-0.15, -0.1) is 0 Å². The normalized spacial score (nSPS) is 11.8. The van der Waals surface area contributed by atoms with Crippen LogP contribution in [-0.2, 0) is 0 Å². The van der Waals surface area contributed by atoms with Gasteiger partial charge in [0.2, 0.25) is 0 Å². The van der Waals surface area contributed by atoms with Crippen LogP contribution in [0.5, 0.6) is 0 Å². The van der Waals surface area contributed by atoms with E-state index in [1.54, 1.807) is 0 Å². The standard InChI is InChI=1S/C38H22N4/c1-2-10-27-26(9-1)28(33-20-16-25-14-13-23-7-5-21-39-35(23)37(25)41-33)18-19-29(27)34-30-11-3-4-12-32(30)42-38-31(34)17-15-24-8-6-22-40-36(24)38/h1-22H. The van der Waals surface area contributed by atoms with Crippen LogP contribution < -0.4 is 0 Å². The molecule has 5 aromatic carbocycles. The van der Waals surface area contributed by atoms with Crippen LogP contribution in [0.2, 0.25) is 0 Å². The zero-order chi connectivity index (χ0) is 27.6. The third-order valence-electron chi connectivity index (χ3n) is 8.32. The molecule has 0 unspecified atom stereocenters. The fourth-order valence-corrected chi connectivity index (χ4v) is 6.40. The first-order chi connectivity index (χ1) is 20.8. The van der Waals surface area contributed by atoms with Crippen LogP contribution in [0.3, 0.4) is 0 Å². The van der Waals surface area contributed by atoms with Gasteiger partial charge in [-0.25, -0.2) is 9.97 Å². The monoisotopic (exact) mass is 534 g/mol. The van der Waals surface area contributed by atoms with Crippen LogP contribution >= 0.6 is 0 Å². The van der Waals surface area contributed by atoms with Crippen LogP contribution in [0.15, 0.2) is 134 Å². The highest BCUT2D eigenvalue weighted by molar-refractivity contribution is 6.20. The fourth-order valence-electron chi connectivity index (χ4n) is 6.40. The lowest BCUT2D eigenvalue weighted by Gasteiger charge is -2.16. The number of pyridine rings is 4. The smallest absolute Gasteiger partial charge is 0.0978 e. The van der Waals surface area contributed by atoms with Gasteiger partial charge in [0.15, 0.2) is 0 Å². The van der Waals surface area contributed by atoms with E-state index in [2.05, 4.69) is 114 Å². The van der Waals surface area contributed by atoms with Gasteiger partial charge in [-0.3, -0.25) is 9.97 Å². The molecule has 194 valence electrons. The molecule has 0 amide bonds. The molecule has 0 aliphatic rings. The molecule has 0 saturated heterocycles. The predicted octanol–water partition coefficient (Wildman–Crippen LogP) is 9.52. The van der Waals surface area contributed by atoms with E-state index in [9.17, 15) is 0 Å². The van der Waals surface area contributed by atoms with Crippen molar-refractivity contribution in [3.63, 3.8) is 0 Å². The number of aromatic nitrogens is 4.